The van der Waals surface area contributed by atoms with Gasteiger partial charge in [0.05, 0.1) is 20.1 Å². The van der Waals surface area contributed by atoms with Crippen LogP contribution in [0.2, 0.25) is 0 Å². The number of alkyl halides is 1. The van der Waals surface area contributed by atoms with Crippen molar-refractivity contribution < 1.29 is 19.1 Å². The molecule has 3 atom stereocenters. The lowest BCUT2D eigenvalue weighted by Gasteiger charge is -2.23. The first-order valence-corrected chi connectivity index (χ1v) is 7.04. The third kappa shape index (κ3) is 2.85. The molecule has 0 aromatic heterocycles. The number of allylic oxidation sites excluding steroid dienone is 1. The lowest BCUT2D eigenvalue weighted by molar-refractivity contribution is -0.130. The summed E-state index contributed by atoms with van der Waals surface area (Å²) >= 11 is 2.00. The van der Waals surface area contributed by atoms with Crippen molar-refractivity contribution in [3.05, 3.63) is 24.0 Å². The summed E-state index contributed by atoms with van der Waals surface area (Å²) in [5, 5.41) is 2.59. The van der Waals surface area contributed by atoms with Crippen LogP contribution in [0.4, 0.5) is 4.79 Å². The highest BCUT2D eigenvalue weighted by molar-refractivity contribution is 14.1. The van der Waals surface area contributed by atoms with Crippen LogP contribution in [-0.2, 0) is 14.3 Å². The van der Waals surface area contributed by atoms with Gasteiger partial charge in [0.2, 0.25) is 5.91 Å². The van der Waals surface area contributed by atoms with Gasteiger partial charge in [-0.25, -0.2) is 4.79 Å². The fourth-order valence-electron chi connectivity index (χ4n) is 2.21. The Morgan fingerprint density at radius 2 is 2.32 bits per heavy atom. The Bertz CT molecular complexity index is 449. The number of ether oxygens (including phenoxy) is 2. The minimum absolute atomic E-state index is 0.0142. The number of alkyl carbamates (subject to hydrolysis) is 1. The molecule has 0 aromatic carbocycles. The number of methoxy groups -OCH3 is 2. The van der Waals surface area contributed by atoms with Gasteiger partial charge < -0.3 is 14.4 Å². The Kier molecular flexibility index (Phi) is 4.33. The Labute approximate surface area is 124 Å². The normalized spacial score (nSPS) is 26.6. The number of nitrogens with zero attached hydrogens (tertiary/aromatic N) is 1. The summed E-state index contributed by atoms with van der Waals surface area (Å²) in [5.41, 5.74) is 0. The van der Waals surface area contributed by atoms with Crippen LogP contribution in [-0.4, -0.2) is 41.8 Å². The minimum Gasteiger partial charge on any atom is -0.497 e. The van der Waals surface area contributed by atoms with Crippen LogP contribution in [0.1, 0.15) is 0 Å². The number of hydrogen-bond donors (Lipinski definition) is 1. The van der Waals surface area contributed by atoms with Crippen LogP contribution < -0.4 is 5.32 Å². The number of fused-ring (bicyclic) bond motifs is 1. The van der Waals surface area contributed by atoms with E-state index in [9.17, 15) is 9.59 Å². The summed E-state index contributed by atoms with van der Waals surface area (Å²) in [7, 11) is 2.87. The molecule has 19 heavy (non-hydrogen) atoms. The molecule has 1 saturated heterocycles. The summed E-state index contributed by atoms with van der Waals surface area (Å²) in [6.45, 7) is 0.574. The van der Waals surface area contributed by atoms with Gasteiger partial charge in [0, 0.05) is 12.5 Å². The molecule has 0 radical (unpaired) electrons. The second-order valence-corrected chi connectivity index (χ2v) is 5.46. The molecule has 0 spiro atoms. The van der Waals surface area contributed by atoms with Crippen molar-refractivity contribution >= 4 is 34.6 Å². The van der Waals surface area contributed by atoms with Crippen molar-refractivity contribution in [1.29, 1.82) is 0 Å². The highest BCUT2D eigenvalue weighted by atomic mass is 127. The molecule has 2 unspecified atom stereocenters. The second-order valence-electron chi connectivity index (χ2n) is 4.28. The van der Waals surface area contributed by atoms with E-state index in [-0.39, 0.29) is 17.7 Å². The first kappa shape index (κ1) is 14.2. The third-order valence-corrected chi connectivity index (χ3v) is 4.20. The molecule has 6 nitrogen and oxygen atoms in total. The number of hydrogen-bond acceptors (Lipinski definition) is 4. The summed E-state index contributed by atoms with van der Waals surface area (Å²) in [4.78, 5) is 25.1. The van der Waals surface area contributed by atoms with E-state index in [1.54, 1.807) is 12.0 Å². The molecule has 0 aromatic rings. The Morgan fingerprint density at radius 3 is 2.95 bits per heavy atom. The quantitative estimate of drug-likeness (QED) is 0.456. The summed E-state index contributed by atoms with van der Waals surface area (Å²) in [6, 6.07) is 0. The van der Waals surface area contributed by atoms with Gasteiger partial charge in [-0.15, -0.1) is 0 Å². The number of nitrogens with one attached hydrogen (secondary N) is 1. The highest BCUT2D eigenvalue weighted by Crippen LogP contribution is 2.33. The molecule has 2 rings (SSSR count). The van der Waals surface area contributed by atoms with Crippen LogP contribution in [0.5, 0.6) is 0 Å². The molecular weight excluding hydrogens is 363 g/mol. The van der Waals surface area contributed by atoms with E-state index >= 15 is 0 Å². The number of carbonyl (C=O) groups is 2. The van der Waals surface area contributed by atoms with Crippen LogP contribution >= 0.6 is 22.6 Å². The van der Waals surface area contributed by atoms with Gasteiger partial charge in [-0.1, -0.05) is 6.08 Å². The third-order valence-electron chi connectivity index (χ3n) is 3.22. The van der Waals surface area contributed by atoms with E-state index in [0.717, 1.165) is 0 Å². The van der Waals surface area contributed by atoms with Crippen molar-refractivity contribution in [2.45, 2.75) is 4.17 Å². The largest absolute Gasteiger partial charge is 0.497 e. The maximum Gasteiger partial charge on any atom is 0.409 e. The number of likely N-dealkylation sites (tertiary alicyclic amines) is 1. The molecule has 1 aliphatic carbocycles. The zero-order chi connectivity index (χ0) is 14.0. The van der Waals surface area contributed by atoms with Gasteiger partial charge in [0.1, 0.15) is 5.76 Å². The molecule has 1 heterocycles. The SMILES string of the molecule is COC(=O)N[C@H](I)N1CC2C=CC(OC)=CC2C1=O. The lowest BCUT2D eigenvalue weighted by atomic mass is 9.91. The van der Waals surface area contributed by atoms with Crippen LogP contribution in [0.3, 0.4) is 0 Å². The minimum atomic E-state index is -0.550. The van der Waals surface area contributed by atoms with Crippen LogP contribution in [0.25, 0.3) is 0 Å². The first-order chi connectivity index (χ1) is 9.06. The van der Waals surface area contributed by atoms with Gasteiger partial charge in [-0.2, -0.15) is 0 Å². The number of carbonyl (C=O) groups excluding carboxylic acids is 2. The maximum atomic E-state index is 12.3. The summed E-state index contributed by atoms with van der Waals surface area (Å²) in [5.74, 6) is 0.599. The maximum absolute atomic E-state index is 12.3. The van der Waals surface area contributed by atoms with E-state index in [2.05, 4.69) is 10.1 Å². The fourth-order valence-corrected chi connectivity index (χ4v) is 2.96. The van der Waals surface area contributed by atoms with E-state index in [1.807, 2.05) is 40.8 Å². The lowest BCUT2D eigenvalue weighted by Crippen LogP contribution is -2.45. The van der Waals surface area contributed by atoms with Gasteiger partial charge in [-0.05, 0) is 34.7 Å². The van der Waals surface area contributed by atoms with Crippen molar-refractivity contribution in [1.82, 2.24) is 10.2 Å². The highest BCUT2D eigenvalue weighted by Gasteiger charge is 2.42. The van der Waals surface area contributed by atoms with Gasteiger partial charge >= 0.3 is 6.09 Å². The Balaban J connectivity index is 2.07. The van der Waals surface area contributed by atoms with E-state index < -0.39 is 10.3 Å². The molecular formula is C12H15IN2O4. The zero-order valence-corrected chi connectivity index (χ0v) is 12.8. The molecule has 0 bridgehead atoms. The van der Waals surface area contributed by atoms with Crippen molar-refractivity contribution in [2.24, 2.45) is 11.8 Å². The Morgan fingerprint density at radius 1 is 1.58 bits per heavy atom. The standard InChI is InChI=1S/C12H15IN2O4/c1-18-8-4-3-7-6-15(10(16)9(7)5-8)11(13)14-12(17)19-2/h3-5,7,9,11H,6H2,1-2H3,(H,14,17)/t7?,9?,11-/m0/s1. The Hall–Kier alpha value is -1.25. The first-order valence-electron chi connectivity index (χ1n) is 5.80. The van der Waals surface area contributed by atoms with Crippen LogP contribution in [0.15, 0.2) is 24.0 Å². The molecule has 0 saturated carbocycles. The van der Waals surface area contributed by atoms with E-state index in [4.69, 9.17) is 4.74 Å². The molecule has 1 fully saturated rings. The van der Waals surface area contributed by atoms with Crippen molar-refractivity contribution in [3.63, 3.8) is 0 Å². The molecule has 2 amide bonds. The summed E-state index contributed by atoms with van der Waals surface area (Å²) in [6.07, 6.45) is 5.12. The average molecular weight is 378 g/mol. The topological polar surface area (TPSA) is 67.9 Å². The number of rotatable bonds is 3. The van der Waals surface area contributed by atoms with Gasteiger partial charge in [0.15, 0.2) is 4.17 Å². The van der Waals surface area contributed by atoms with Gasteiger partial charge in [0.25, 0.3) is 0 Å². The monoisotopic (exact) mass is 378 g/mol. The molecule has 2 aliphatic rings. The van der Waals surface area contributed by atoms with Crippen molar-refractivity contribution in [2.75, 3.05) is 20.8 Å². The average Bonchev–Trinajstić information content (AvgIpc) is 2.75. The summed E-state index contributed by atoms with van der Waals surface area (Å²) < 4.78 is 9.25. The number of halogens is 1. The van der Waals surface area contributed by atoms with Crippen molar-refractivity contribution in [3.8, 4) is 0 Å². The molecule has 104 valence electrons. The fraction of sp³-hybridized carbons (Fsp3) is 0.500. The predicted octanol–water partition coefficient (Wildman–Crippen LogP) is 1.24. The smallest absolute Gasteiger partial charge is 0.409 e. The van der Waals surface area contributed by atoms with Gasteiger partial charge in [-0.3, -0.25) is 10.1 Å². The second kappa shape index (κ2) is 5.81. The van der Waals surface area contributed by atoms with E-state index in [1.165, 1.54) is 7.11 Å². The number of amides is 2. The molecule has 1 aliphatic heterocycles. The van der Waals surface area contributed by atoms with Crippen LogP contribution in [0, 0.1) is 11.8 Å². The predicted molar refractivity (Wildman–Crippen MR) is 76.3 cm³/mol. The van der Waals surface area contributed by atoms with E-state index in [0.29, 0.717) is 12.3 Å². The molecule has 7 heteroatoms. The zero-order valence-electron chi connectivity index (χ0n) is 10.6. The molecule has 1 N–H and O–H groups in total.